The molecule has 0 bridgehead atoms. The van der Waals surface area contributed by atoms with E-state index in [2.05, 4.69) is 0 Å². The molecule has 0 heterocycles. The van der Waals surface area contributed by atoms with Crippen molar-refractivity contribution in [2.75, 3.05) is 7.11 Å². The highest BCUT2D eigenvalue weighted by atomic mass is 35.5. The van der Waals surface area contributed by atoms with Gasteiger partial charge in [0.15, 0.2) is 0 Å². The smallest absolute Gasteiger partial charge is 0.142 e. The molecule has 2 N–H and O–H groups in total. The molecule has 0 saturated heterocycles. The number of nitrogens with two attached hydrogens (primary N) is 1. The van der Waals surface area contributed by atoms with Crippen LogP contribution in [0.4, 0.5) is 4.39 Å². The van der Waals surface area contributed by atoms with E-state index in [1.165, 1.54) is 6.07 Å². The van der Waals surface area contributed by atoms with Gasteiger partial charge in [0.1, 0.15) is 5.82 Å². The fourth-order valence-electron chi connectivity index (χ4n) is 2.02. The fraction of sp³-hybridized carbons (Fsp3) is 0.538. The predicted molar refractivity (Wildman–Crippen MR) is 68.7 cm³/mol. The molecule has 0 aliphatic heterocycles. The maximum Gasteiger partial charge on any atom is 0.142 e. The van der Waals surface area contributed by atoms with Gasteiger partial charge >= 0.3 is 0 Å². The van der Waals surface area contributed by atoms with E-state index in [-0.39, 0.29) is 17.2 Å². The van der Waals surface area contributed by atoms with Crippen molar-refractivity contribution >= 4 is 11.6 Å². The molecule has 0 aromatic heterocycles. The average Bonchev–Trinajstić information content (AvgIpc) is 2.25. The Morgan fingerprint density at radius 1 is 1.41 bits per heavy atom. The van der Waals surface area contributed by atoms with Crippen molar-refractivity contribution < 1.29 is 9.13 Å². The van der Waals surface area contributed by atoms with E-state index in [9.17, 15) is 4.39 Å². The van der Waals surface area contributed by atoms with Crippen LogP contribution in [0, 0.1) is 11.7 Å². The normalized spacial score (nSPS) is 15.0. The molecule has 0 fully saturated rings. The summed E-state index contributed by atoms with van der Waals surface area (Å²) in [5, 5.41) is 0.154. The Labute approximate surface area is 107 Å². The molecule has 0 spiro atoms. The third-order valence-corrected chi connectivity index (χ3v) is 3.26. The summed E-state index contributed by atoms with van der Waals surface area (Å²) in [5.74, 6) is -0.0998. The highest BCUT2D eigenvalue weighted by molar-refractivity contribution is 6.31. The zero-order chi connectivity index (χ0) is 13.0. The highest BCUT2D eigenvalue weighted by Gasteiger charge is 2.22. The maximum atomic E-state index is 13.3. The molecule has 1 rings (SSSR count). The minimum absolute atomic E-state index is 0.0608. The zero-order valence-electron chi connectivity index (χ0n) is 10.4. The van der Waals surface area contributed by atoms with Crippen molar-refractivity contribution in [1.29, 1.82) is 0 Å². The number of benzene rings is 1. The van der Waals surface area contributed by atoms with E-state index in [1.54, 1.807) is 19.2 Å². The maximum absolute atomic E-state index is 13.3. The second-order valence-corrected chi connectivity index (χ2v) is 4.90. The molecule has 2 unspecified atom stereocenters. The van der Waals surface area contributed by atoms with Gasteiger partial charge in [0.2, 0.25) is 0 Å². The number of halogens is 2. The molecule has 1 aromatic rings. The summed E-state index contributed by atoms with van der Waals surface area (Å²) in [6.45, 7) is 4.09. The Morgan fingerprint density at radius 3 is 2.59 bits per heavy atom. The molecule has 96 valence electrons. The van der Waals surface area contributed by atoms with Crippen molar-refractivity contribution in [3.63, 3.8) is 0 Å². The lowest BCUT2D eigenvalue weighted by molar-refractivity contribution is 0.0441. The number of hydrogen-bond donors (Lipinski definition) is 1. The van der Waals surface area contributed by atoms with E-state index in [4.69, 9.17) is 22.1 Å². The highest BCUT2D eigenvalue weighted by Crippen LogP contribution is 2.22. The summed E-state index contributed by atoms with van der Waals surface area (Å²) in [4.78, 5) is 0. The first-order chi connectivity index (χ1) is 7.97. The fourth-order valence-corrected chi connectivity index (χ4v) is 2.22. The van der Waals surface area contributed by atoms with Gasteiger partial charge in [0, 0.05) is 13.2 Å². The Bertz CT molecular complexity index is 370. The van der Waals surface area contributed by atoms with Gasteiger partial charge in [-0.1, -0.05) is 37.6 Å². The van der Waals surface area contributed by atoms with Crippen LogP contribution in [0.3, 0.4) is 0 Å². The van der Waals surface area contributed by atoms with Crippen LogP contribution in [-0.4, -0.2) is 19.3 Å². The van der Waals surface area contributed by atoms with Crippen molar-refractivity contribution in [2.45, 2.75) is 32.4 Å². The summed E-state index contributed by atoms with van der Waals surface area (Å²) < 4.78 is 18.6. The molecular formula is C13H19ClFNO. The van der Waals surface area contributed by atoms with E-state index in [0.717, 1.165) is 5.56 Å². The first kappa shape index (κ1) is 14.4. The number of methoxy groups -OCH3 is 1. The van der Waals surface area contributed by atoms with Crippen LogP contribution < -0.4 is 5.73 Å². The number of rotatable bonds is 5. The Morgan fingerprint density at radius 2 is 2.06 bits per heavy atom. The Balaban J connectivity index is 2.80. The molecule has 0 aliphatic rings. The van der Waals surface area contributed by atoms with Crippen LogP contribution >= 0.6 is 11.6 Å². The number of ether oxygens (including phenoxy) is 1. The van der Waals surface area contributed by atoms with Gasteiger partial charge in [0.05, 0.1) is 11.1 Å². The van der Waals surface area contributed by atoms with Crippen molar-refractivity contribution in [3.8, 4) is 0 Å². The number of hydrogen-bond acceptors (Lipinski definition) is 2. The van der Waals surface area contributed by atoms with Gasteiger partial charge in [-0.2, -0.15) is 0 Å². The van der Waals surface area contributed by atoms with E-state index in [0.29, 0.717) is 12.3 Å². The second-order valence-electron chi connectivity index (χ2n) is 4.53. The van der Waals surface area contributed by atoms with E-state index in [1.807, 2.05) is 13.8 Å². The molecule has 0 aliphatic carbocycles. The Kier molecular flexibility index (Phi) is 5.37. The lowest BCUT2D eigenvalue weighted by Crippen LogP contribution is -2.41. The van der Waals surface area contributed by atoms with Gasteiger partial charge in [-0.3, -0.25) is 0 Å². The van der Waals surface area contributed by atoms with Crippen molar-refractivity contribution in [3.05, 3.63) is 34.6 Å². The molecule has 2 atom stereocenters. The van der Waals surface area contributed by atoms with E-state index >= 15 is 0 Å². The van der Waals surface area contributed by atoms with Crippen LogP contribution in [0.5, 0.6) is 0 Å². The molecule has 0 radical (unpaired) electrons. The third kappa shape index (κ3) is 3.66. The van der Waals surface area contributed by atoms with Crippen molar-refractivity contribution in [2.24, 2.45) is 11.7 Å². The Hall–Kier alpha value is -0.640. The summed E-state index contributed by atoms with van der Waals surface area (Å²) >= 11 is 5.89. The summed E-state index contributed by atoms with van der Waals surface area (Å²) in [6, 6.07) is 4.58. The second kappa shape index (κ2) is 6.34. The largest absolute Gasteiger partial charge is 0.380 e. The average molecular weight is 260 g/mol. The monoisotopic (exact) mass is 259 g/mol. The quantitative estimate of drug-likeness (QED) is 0.882. The minimum atomic E-state index is -0.408. The molecule has 0 amide bonds. The first-order valence-corrected chi connectivity index (χ1v) is 6.06. The van der Waals surface area contributed by atoms with Crippen LogP contribution in [0.25, 0.3) is 0 Å². The first-order valence-electron chi connectivity index (χ1n) is 5.68. The van der Waals surface area contributed by atoms with Crippen LogP contribution in [-0.2, 0) is 11.2 Å². The molecule has 17 heavy (non-hydrogen) atoms. The van der Waals surface area contributed by atoms with Gasteiger partial charge in [-0.15, -0.1) is 0 Å². The summed E-state index contributed by atoms with van der Waals surface area (Å²) in [5.41, 5.74) is 6.80. The topological polar surface area (TPSA) is 35.2 Å². The molecular weight excluding hydrogens is 241 g/mol. The van der Waals surface area contributed by atoms with Gasteiger partial charge in [-0.05, 0) is 24.0 Å². The molecule has 4 heteroatoms. The standard InChI is InChI=1S/C13H19ClFNO/c1-8(2)13(17-3)11(16)7-9-5-4-6-10(15)12(9)14/h4-6,8,11,13H,7,16H2,1-3H3. The van der Waals surface area contributed by atoms with Crippen LogP contribution in [0.15, 0.2) is 18.2 Å². The lowest BCUT2D eigenvalue weighted by Gasteiger charge is -2.26. The minimum Gasteiger partial charge on any atom is -0.380 e. The van der Waals surface area contributed by atoms with E-state index < -0.39 is 5.82 Å². The summed E-state index contributed by atoms with van der Waals surface area (Å²) in [7, 11) is 1.64. The van der Waals surface area contributed by atoms with Gasteiger partial charge in [0.25, 0.3) is 0 Å². The van der Waals surface area contributed by atoms with Gasteiger partial charge in [-0.25, -0.2) is 4.39 Å². The summed E-state index contributed by atoms with van der Waals surface area (Å²) in [6.07, 6.45) is 0.446. The van der Waals surface area contributed by atoms with Gasteiger partial charge < -0.3 is 10.5 Å². The third-order valence-electron chi connectivity index (χ3n) is 2.84. The predicted octanol–water partition coefficient (Wildman–Crippen LogP) is 3.02. The van der Waals surface area contributed by atoms with Crippen LogP contribution in [0.2, 0.25) is 5.02 Å². The van der Waals surface area contributed by atoms with Crippen molar-refractivity contribution in [1.82, 2.24) is 0 Å². The SMILES string of the molecule is COC(C(C)C)C(N)Cc1cccc(F)c1Cl. The lowest BCUT2D eigenvalue weighted by atomic mass is 9.94. The van der Waals surface area contributed by atoms with Crippen LogP contribution in [0.1, 0.15) is 19.4 Å². The zero-order valence-corrected chi connectivity index (χ0v) is 11.2. The molecule has 0 saturated carbocycles. The molecule has 1 aromatic carbocycles. The molecule has 2 nitrogen and oxygen atoms in total.